The van der Waals surface area contributed by atoms with Crippen molar-refractivity contribution in [3.63, 3.8) is 0 Å². The maximum Gasteiger partial charge on any atom is 0.262 e. The Bertz CT molecular complexity index is 875. The van der Waals surface area contributed by atoms with Gasteiger partial charge in [-0.3, -0.25) is 9.59 Å². The molecule has 0 aromatic heterocycles. The third-order valence-electron chi connectivity index (χ3n) is 4.16. The lowest BCUT2D eigenvalue weighted by atomic mass is 10.1. The SMILES string of the molecule is CCCCNC(=O)c1ccc2c(c1)NC(=O)C(=Cc1ccc(OC)cc1)S2. The fourth-order valence-electron chi connectivity index (χ4n) is 2.63. The van der Waals surface area contributed by atoms with Gasteiger partial charge in [-0.1, -0.05) is 37.2 Å². The number of rotatable bonds is 6. The van der Waals surface area contributed by atoms with Gasteiger partial charge in [0, 0.05) is 17.0 Å². The van der Waals surface area contributed by atoms with Crippen LogP contribution in [0.4, 0.5) is 5.69 Å². The van der Waals surface area contributed by atoms with Crippen LogP contribution in [0.15, 0.2) is 52.3 Å². The molecule has 0 fully saturated rings. The maximum absolute atomic E-state index is 12.5. The predicted octanol–water partition coefficient (Wildman–Crippen LogP) is 4.31. The Labute approximate surface area is 163 Å². The van der Waals surface area contributed by atoms with Crippen LogP contribution in [-0.2, 0) is 4.79 Å². The molecule has 0 saturated heterocycles. The van der Waals surface area contributed by atoms with Crippen LogP contribution in [0.1, 0.15) is 35.7 Å². The molecule has 0 unspecified atom stereocenters. The summed E-state index contributed by atoms with van der Waals surface area (Å²) in [6, 6.07) is 12.9. The van der Waals surface area contributed by atoms with E-state index in [1.165, 1.54) is 11.8 Å². The van der Waals surface area contributed by atoms with Gasteiger partial charge in [0.15, 0.2) is 0 Å². The van der Waals surface area contributed by atoms with Gasteiger partial charge in [-0.2, -0.15) is 0 Å². The molecule has 1 aliphatic heterocycles. The summed E-state index contributed by atoms with van der Waals surface area (Å²) in [5.74, 6) is 0.477. The normalized spacial score (nSPS) is 14.4. The molecule has 6 heteroatoms. The Hall–Kier alpha value is -2.73. The van der Waals surface area contributed by atoms with Gasteiger partial charge < -0.3 is 15.4 Å². The van der Waals surface area contributed by atoms with Gasteiger partial charge >= 0.3 is 0 Å². The molecule has 1 heterocycles. The van der Waals surface area contributed by atoms with Crippen molar-refractivity contribution in [1.82, 2.24) is 5.32 Å². The summed E-state index contributed by atoms with van der Waals surface area (Å²) in [5, 5.41) is 5.77. The van der Waals surface area contributed by atoms with Crippen LogP contribution >= 0.6 is 11.8 Å². The topological polar surface area (TPSA) is 67.4 Å². The van der Waals surface area contributed by atoms with Gasteiger partial charge in [-0.15, -0.1) is 0 Å². The summed E-state index contributed by atoms with van der Waals surface area (Å²) in [6.07, 6.45) is 3.82. The standard InChI is InChI=1S/C21H22N2O3S/c1-3-4-11-22-20(24)15-7-10-18-17(13-15)23-21(25)19(27-18)12-14-5-8-16(26-2)9-6-14/h5-10,12-13H,3-4,11H2,1-2H3,(H,22,24)(H,23,25). The fourth-order valence-corrected chi connectivity index (χ4v) is 3.57. The van der Waals surface area contributed by atoms with Crippen molar-refractivity contribution in [3.8, 4) is 5.75 Å². The summed E-state index contributed by atoms with van der Waals surface area (Å²) in [6.45, 7) is 2.73. The molecule has 140 valence electrons. The van der Waals surface area contributed by atoms with Gasteiger partial charge in [-0.25, -0.2) is 0 Å². The molecule has 0 radical (unpaired) electrons. The van der Waals surface area contributed by atoms with Gasteiger partial charge in [0.25, 0.3) is 11.8 Å². The van der Waals surface area contributed by atoms with E-state index in [0.717, 1.165) is 29.1 Å². The Morgan fingerprint density at radius 3 is 2.70 bits per heavy atom. The number of thioether (sulfide) groups is 1. The largest absolute Gasteiger partial charge is 0.497 e. The van der Waals surface area contributed by atoms with Crippen LogP contribution in [-0.4, -0.2) is 25.5 Å². The average molecular weight is 382 g/mol. The lowest BCUT2D eigenvalue weighted by Gasteiger charge is -2.19. The number of carbonyl (C=O) groups excluding carboxylic acids is 2. The van der Waals surface area contributed by atoms with E-state index in [9.17, 15) is 9.59 Å². The quantitative estimate of drug-likeness (QED) is 0.577. The zero-order valence-corrected chi connectivity index (χ0v) is 16.2. The summed E-state index contributed by atoms with van der Waals surface area (Å²) < 4.78 is 5.15. The molecular formula is C21H22N2O3S. The molecule has 27 heavy (non-hydrogen) atoms. The van der Waals surface area contributed by atoms with Crippen molar-refractivity contribution in [1.29, 1.82) is 0 Å². The van der Waals surface area contributed by atoms with Crippen molar-refractivity contribution >= 4 is 35.3 Å². The van der Waals surface area contributed by atoms with Gasteiger partial charge in [0.05, 0.1) is 17.7 Å². The third kappa shape index (κ3) is 4.71. The minimum atomic E-state index is -0.174. The molecule has 0 bridgehead atoms. The molecule has 3 rings (SSSR count). The highest BCUT2D eigenvalue weighted by molar-refractivity contribution is 8.04. The first-order chi connectivity index (χ1) is 13.1. The molecule has 1 aliphatic rings. The number of carbonyl (C=O) groups is 2. The monoisotopic (exact) mass is 382 g/mol. The molecule has 2 aromatic rings. The second kappa shape index (κ2) is 8.77. The molecule has 2 amide bonds. The minimum absolute atomic E-state index is 0.120. The number of hydrogen-bond donors (Lipinski definition) is 2. The van der Waals surface area contributed by atoms with Crippen molar-refractivity contribution < 1.29 is 14.3 Å². The Balaban J connectivity index is 1.76. The second-order valence-corrected chi connectivity index (χ2v) is 7.24. The molecule has 0 aliphatic carbocycles. The van der Waals surface area contributed by atoms with Crippen LogP contribution in [0, 0.1) is 0 Å². The smallest absolute Gasteiger partial charge is 0.262 e. The lowest BCUT2D eigenvalue weighted by molar-refractivity contribution is -0.112. The summed E-state index contributed by atoms with van der Waals surface area (Å²) in [5.41, 5.74) is 2.14. The number of benzene rings is 2. The zero-order chi connectivity index (χ0) is 19.2. The third-order valence-corrected chi connectivity index (χ3v) is 5.26. The summed E-state index contributed by atoms with van der Waals surface area (Å²) >= 11 is 1.40. The number of methoxy groups -OCH3 is 1. The van der Waals surface area contributed by atoms with E-state index in [0.29, 0.717) is 22.7 Å². The van der Waals surface area contributed by atoms with E-state index < -0.39 is 0 Å². The first-order valence-electron chi connectivity index (χ1n) is 8.88. The highest BCUT2D eigenvalue weighted by atomic mass is 32.2. The van der Waals surface area contributed by atoms with Crippen LogP contribution in [0.25, 0.3) is 6.08 Å². The highest BCUT2D eigenvalue weighted by Gasteiger charge is 2.22. The Morgan fingerprint density at radius 1 is 1.22 bits per heavy atom. The van der Waals surface area contributed by atoms with Gasteiger partial charge in [0.2, 0.25) is 0 Å². The van der Waals surface area contributed by atoms with Crippen molar-refractivity contribution in [3.05, 3.63) is 58.5 Å². The van der Waals surface area contributed by atoms with Gasteiger partial charge in [0.1, 0.15) is 5.75 Å². The van der Waals surface area contributed by atoms with Crippen molar-refractivity contribution in [2.45, 2.75) is 24.7 Å². The second-order valence-electron chi connectivity index (χ2n) is 6.16. The van der Waals surface area contributed by atoms with E-state index in [-0.39, 0.29) is 11.8 Å². The van der Waals surface area contributed by atoms with E-state index in [1.54, 1.807) is 19.2 Å². The average Bonchev–Trinajstić information content (AvgIpc) is 2.69. The van der Waals surface area contributed by atoms with E-state index in [2.05, 4.69) is 17.6 Å². The first-order valence-corrected chi connectivity index (χ1v) is 9.69. The van der Waals surface area contributed by atoms with Crippen LogP contribution in [0.3, 0.4) is 0 Å². The lowest BCUT2D eigenvalue weighted by Crippen LogP contribution is -2.25. The number of anilines is 1. The summed E-state index contributed by atoms with van der Waals surface area (Å²) in [4.78, 5) is 26.2. The van der Waals surface area contributed by atoms with E-state index in [1.807, 2.05) is 36.4 Å². The maximum atomic E-state index is 12.5. The molecule has 2 N–H and O–H groups in total. The Morgan fingerprint density at radius 2 is 2.00 bits per heavy atom. The molecular weight excluding hydrogens is 360 g/mol. The number of hydrogen-bond acceptors (Lipinski definition) is 4. The number of fused-ring (bicyclic) bond motifs is 1. The summed E-state index contributed by atoms with van der Waals surface area (Å²) in [7, 11) is 1.62. The number of unbranched alkanes of at least 4 members (excludes halogenated alkanes) is 1. The van der Waals surface area contributed by atoms with Crippen LogP contribution in [0.2, 0.25) is 0 Å². The molecule has 0 spiro atoms. The molecule has 0 atom stereocenters. The molecule has 2 aromatic carbocycles. The first kappa shape index (κ1) is 19.0. The van der Waals surface area contributed by atoms with Crippen LogP contribution < -0.4 is 15.4 Å². The van der Waals surface area contributed by atoms with Gasteiger partial charge in [-0.05, 0) is 48.4 Å². The highest BCUT2D eigenvalue weighted by Crippen LogP contribution is 2.39. The van der Waals surface area contributed by atoms with Crippen molar-refractivity contribution in [2.75, 3.05) is 19.0 Å². The number of ether oxygens (including phenoxy) is 1. The molecule has 5 nitrogen and oxygen atoms in total. The predicted molar refractivity (Wildman–Crippen MR) is 109 cm³/mol. The Kier molecular flexibility index (Phi) is 6.19. The molecule has 0 saturated carbocycles. The van der Waals surface area contributed by atoms with Crippen LogP contribution in [0.5, 0.6) is 5.75 Å². The number of amides is 2. The van der Waals surface area contributed by atoms with E-state index in [4.69, 9.17) is 4.74 Å². The number of nitrogens with one attached hydrogen (secondary N) is 2. The minimum Gasteiger partial charge on any atom is -0.497 e. The van der Waals surface area contributed by atoms with Crippen molar-refractivity contribution in [2.24, 2.45) is 0 Å². The zero-order valence-electron chi connectivity index (χ0n) is 15.4. The van der Waals surface area contributed by atoms with E-state index >= 15 is 0 Å². The fraction of sp³-hybridized carbons (Fsp3) is 0.238.